The molecule has 0 bridgehead atoms. The highest BCUT2D eigenvalue weighted by Crippen LogP contribution is 2.26. The number of anilines is 1. The van der Waals surface area contributed by atoms with Crippen LogP contribution in [-0.4, -0.2) is 11.9 Å². The first-order valence-electron chi connectivity index (χ1n) is 4.38. The molecule has 3 N–H and O–H groups in total. The van der Waals surface area contributed by atoms with Crippen LogP contribution in [-0.2, 0) is 11.2 Å². The molecule has 2 rings (SSSR count). The molecule has 1 heterocycles. The fraction of sp³-hybridized carbons (Fsp3) is 0.300. The van der Waals surface area contributed by atoms with Crippen LogP contribution in [0, 0.1) is 0 Å². The first-order chi connectivity index (χ1) is 6.25. The lowest BCUT2D eigenvalue weighted by Crippen LogP contribution is -2.24. The van der Waals surface area contributed by atoms with Crippen LogP contribution >= 0.6 is 0 Å². The van der Waals surface area contributed by atoms with E-state index in [9.17, 15) is 4.79 Å². The zero-order valence-electron chi connectivity index (χ0n) is 7.29. The molecule has 0 aliphatic carbocycles. The van der Waals surface area contributed by atoms with Gasteiger partial charge in [0.15, 0.2) is 0 Å². The number of amides is 1. The van der Waals surface area contributed by atoms with E-state index in [1.54, 1.807) is 0 Å². The molecule has 1 aliphatic heterocycles. The number of hydrogen-bond acceptors (Lipinski definition) is 2. The van der Waals surface area contributed by atoms with E-state index in [1.165, 1.54) is 5.56 Å². The molecule has 0 spiro atoms. The van der Waals surface area contributed by atoms with E-state index in [1.807, 2.05) is 18.2 Å². The minimum absolute atomic E-state index is 0.190. The molecule has 68 valence electrons. The van der Waals surface area contributed by atoms with Crippen molar-refractivity contribution in [2.45, 2.75) is 18.9 Å². The summed E-state index contributed by atoms with van der Waals surface area (Å²) in [6.07, 6.45) is 1.31. The highest BCUT2D eigenvalue weighted by Gasteiger charge is 2.20. The molecule has 3 nitrogen and oxygen atoms in total. The normalized spacial score (nSPS) is 19.2. The molecule has 0 saturated heterocycles. The van der Waals surface area contributed by atoms with Crippen LogP contribution in [0.2, 0.25) is 0 Å². The monoisotopic (exact) mass is 176 g/mol. The third-order valence-electron chi connectivity index (χ3n) is 2.29. The molecule has 1 atom stereocenters. The van der Waals surface area contributed by atoms with Gasteiger partial charge in [-0.1, -0.05) is 18.2 Å². The molecule has 0 radical (unpaired) electrons. The summed E-state index contributed by atoms with van der Waals surface area (Å²) in [6.45, 7) is 0. The molecule has 3 heteroatoms. The molecule has 1 amide bonds. The highest BCUT2D eigenvalue weighted by atomic mass is 16.1. The highest BCUT2D eigenvalue weighted by molar-refractivity contribution is 5.75. The largest absolute Gasteiger partial charge is 0.381 e. The Bertz CT molecular complexity index is 310. The molecule has 1 aromatic carbocycles. The van der Waals surface area contributed by atoms with Crippen molar-refractivity contribution in [3.05, 3.63) is 29.8 Å². The average molecular weight is 176 g/mol. The number of carbonyl (C=O) groups is 1. The van der Waals surface area contributed by atoms with Gasteiger partial charge in [-0.25, -0.2) is 0 Å². The molecule has 1 unspecified atom stereocenters. The van der Waals surface area contributed by atoms with Crippen molar-refractivity contribution in [1.29, 1.82) is 0 Å². The first-order valence-corrected chi connectivity index (χ1v) is 4.38. The Balaban J connectivity index is 2.09. The number of nitrogens with one attached hydrogen (secondary N) is 1. The Morgan fingerprint density at radius 3 is 3.00 bits per heavy atom. The summed E-state index contributed by atoms with van der Waals surface area (Å²) in [5, 5.41) is 3.26. The number of fused-ring (bicyclic) bond motifs is 1. The quantitative estimate of drug-likeness (QED) is 0.703. The maximum absolute atomic E-state index is 10.7. The van der Waals surface area contributed by atoms with E-state index in [0.29, 0.717) is 6.42 Å². The van der Waals surface area contributed by atoms with Crippen molar-refractivity contribution in [3.63, 3.8) is 0 Å². The average Bonchev–Trinajstić information content (AvgIpc) is 2.44. The van der Waals surface area contributed by atoms with Gasteiger partial charge in [-0.15, -0.1) is 0 Å². The second kappa shape index (κ2) is 3.09. The van der Waals surface area contributed by atoms with Gasteiger partial charge in [0.05, 0.1) is 0 Å². The van der Waals surface area contributed by atoms with Crippen LogP contribution in [0.25, 0.3) is 0 Å². The maximum atomic E-state index is 10.7. The molecule has 1 aliphatic rings. The number of carbonyl (C=O) groups excluding carboxylic acids is 1. The summed E-state index contributed by atoms with van der Waals surface area (Å²) >= 11 is 0. The topological polar surface area (TPSA) is 55.1 Å². The van der Waals surface area contributed by atoms with Gasteiger partial charge < -0.3 is 11.1 Å². The minimum atomic E-state index is -0.245. The van der Waals surface area contributed by atoms with Crippen molar-refractivity contribution >= 4 is 11.6 Å². The van der Waals surface area contributed by atoms with Crippen LogP contribution < -0.4 is 11.1 Å². The SMILES string of the molecule is NC(=O)CC1Cc2ccccc2N1. The van der Waals surface area contributed by atoms with Crippen molar-refractivity contribution < 1.29 is 4.79 Å². The van der Waals surface area contributed by atoms with E-state index in [-0.39, 0.29) is 11.9 Å². The van der Waals surface area contributed by atoms with Crippen molar-refractivity contribution in [2.75, 3.05) is 5.32 Å². The van der Waals surface area contributed by atoms with Gasteiger partial charge in [-0.05, 0) is 18.1 Å². The predicted octanol–water partition coefficient (Wildman–Crippen LogP) is 0.899. The maximum Gasteiger partial charge on any atom is 0.219 e. The Labute approximate surface area is 76.9 Å². The number of para-hydroxylation sites is 1. The second-order valence-corrected chi connectivity index (χ2v) is 3.37. The summed E-state index contributed by atoms with van der Waals surface area (Å²) in [4.78, 5) is 10.7. The minimum Gasteiger partial charge on any atom is -0.381 e. The van der Waals surface area contributed by atoms with E-state index in [0.717, 1.165) is 12.1 Å². The van der Waals surface area contributed by atoms with Gasteiger partial charge in [-0.3, -0.25) is 4.79 Å². The molecular formula is C10H12N2O. The molecular weight excluding hydrogens is 164 g/mol. The predicted molar refractivity (Wildman–Crippen MR) is 51.4 cm³/mol. The van der Waals surface area contributed by atoms with Gasteiger partial charge in [-0.2, -0.15) is 0 Å². The van der Waals surface area contributed by atoms with Crippen LogP contribution in [0.4, 0.5) is 5.69 Å². The van der Waals surface area contributed by atoms with Crippen molar-refractivity contribution in [1.82, 2.24) is 0 Å². The standard InChI is InChI=1S/C10H12N2O/c11-10(13)6-8-5-7-3-1-2-4-9(7)12-8/h1-4,8,12H,5-6H2,(H2,11,13). The van der Waals surface area contributed by atoms with Crippen LogP contribution in [0.5, 0.6) is 0 Å². The van der Waals surface area contributed by atoms with Gasteiger partial charge in [0.2, 0.25) is 5.91 Å². The fourth-order valence-corrected chi connectivity index (χ4v) is 1.74. The number of rotatable bonds is 2. The number of nitrogens with two attached hydrogens (primary N) is 1. The smallest absolute Gasteiger partial charge is 0.219 e. The van der Waals surface area contributed by atoms with Crippen LogP contribution in [0.1, 0.15) is 12.0 Å². The molecule has 0 aromatic heterocycles. The van der Waals surface area contributed by atoms with Gasteiger partial charge >= 0.3 is 0 Å². The van der Waals surface area contributed by atoms with Crippen molar-refractivity contribution in [2.24, 2.45) is 5.73 Å². The van der Waals surface area contributed by atoms with Gasteiger partial charge in [0.1, 0.15) is 0 Å². The van der Waals surface area contributed by atoms with Gasteiger partial charge in [0, 0.05) is 18.2 Å². The summed E-state index contributed by atoms with van der Waals surface area (Å²) in [6, 6.07) is 8.28. The lowest BCUT2D eigenvalue weighted by molar-refractivity contribution is -0.118. The lowest BCUT2D eigenvalue weighted by Gasteiger charge is -2.07. The fourth-order valence-electron chi connectivity index (χ4n) is 1.74. The van der Waals surface area contributed by atoms with Crippen molar-refractivity contribution in [3.8, 4) is 0 Å². The molecule has 13 heavy (non-hydrogen) atoms. The van der Waals surface area contributed by atoms with E-state index < -0.39 is 0 Å². The van der Waals surface area contributed by atoms with E-state index in [2.05, 4.69) is 11.4 Å². The summed E-state index contributed by atoms with van der Waals surface area (Å²) < 4.78 is 0. The summed E-state index contributed by atoms with van der Waals surface area (Å²) in [5.41, 5.74) is 7.53. The molecule has 0 saturated carbocycles. The summed E-state index contributed by atoms with van der Waals surface area (Å²) in [7, 11) is 0. The Morgan fingerprint density at radius 2 is 2.31 bits per heavy atom. The third-order valence-corrected chi connectivity index (χ3v) is 2.29. The van der Waals surface area contributed by atoms with Crippen LogP contribution in [0.3, 0.4) is 0 Å². The third kappa shape index (κ3) is 1.64. The number of primary amides is 1. The zero-order chi connectivity index (χ0) is 9.26. The van der Waals surface area contributed by atoms with Gasteiger partial charge in [0.25, 0.3) is 0 Å². The second-order valence-electron chi connectivity index (χ2n) is 3.37. The van der Waals surface area contributed by atoms with E-state index in [4.69, 9.17) is 5.73 Å². The Hall–Kier alpha value is -1.51. The number of benzene rings is 1. The molecule has 0 fully saturated rings. The first kappa shape index (κ1) is 8.10. The zero-order valence-corrected chi connectivity index (χ0v) is 7.29. The van der Waals surface area contributed by atoms with E-state index >= 15 is 0 Å². The van der Waals surface area contributed by atoms with Crippen LogP contribution in [0.15, 0.2) is 24.3 Å². The summed E-state index contributed by atoms with van der Waals surface area (Å²) in [5.74, 6) is -0.245. The Kier molecular flexibility index (Phi) is 1.93. The molecule has 1 aromatic rings. The Morgan fingerprint density at radius 1 is 1.54 bits per heavy atom. The number of hydrogen-bond donors (Lipinski definition) is 2. The lowest BCUT2D eigenvalue weighted by atomic mass is 10.1.